The van der Waals surface area contributed by atoms with Crippen molar-refractivity contribution in [2.75, 3.05) is 24.5 Å². The van der Waals surface area contributed by atoms with Crippen LogP contribution in [0.5, 0.6) is 0 Å². The lowest BCUT2D eigenvalue weighted by Gasteiger charge is -2.31. The number of benzene rings is 1. The summed E-state index contributed by atoms with van der Waals surface area (Å²) in [7, 11) is 0. The number of aryl methyl sites for hydroxylation is 1. The van der Waals surface area contributed by atoms with Gasteiger partial charge in [0.1, 0.15) is 6.54 Å². The van der Waals surface area contributed by atoms with Crippen molar-refractivity contribution in [1.29, 1.82) is 0 Å². The number of carbonyl (C=O) groups is 2. The van der Waals surface area contributed by atoms with E-state index >= 15 is 0 Å². The van der Waals surface area contributed by atoms with E-state index in [9.17, 15) is 9.59 Å². The van der Waals surface area contributed by atoms with Crippen molar-refractivity contribution in [1.82, 2.24) is 4.90 Å². The second-order valence-electron chi connectivity index (χ2n) is 6.40. The predicted molar refractivity (Wildman–Crippen MR) is 88.8 cm³/mol. The first-order valence-corrected chi connectivity index (χ1v) is 8.13. The third-order valence-corrected chi connectivity index (χ3v) is 4.16. The van der Waals surface area contributed by atoms with Gasteiger partial charge in [0, 0.05) is 25.7 Å². The molecule has 0 saturated heterocycles. The average Bonchev–Trinajstić information content (AvgIpc) is 2.50. The quantitative estimate of drug-likeness (QED) is 0.839. The molecule has 1 aliphatic rings. The van der Waals surface area contributed by atoms with E-state index in [-0.39, 0.29) is 18.4 Å². The van der Waals surface area contributed by atoms with Gasteiger partial charge in [0.25, 0.3) is 0 Å². The fourth-order valence-corrected chi connectivity index (χ4v) is 2.80. The molecule has 2 amide bonds. The Morgan fingerprint density at radius 3 is 2.68 bits per heavy atom. The van der Waals surface area contributed by atoms with Gasteiger partial charge in [-0.2, -0.15) is 0 Å². The van der Waals surface area contributed by atoms with Crippen molar-refractivity contribution in [2.45, 2.75) is 40.0 Å². The Hall–Kier alpha value is -1.84. The molecule has 1 aromatic rings. The fraction of sp³-hybridized carbons (Fsp3) is 0.556. The van der Waals surface area contributed by atoms with Crippen LogP contribution in [0.1, 0.15) is 39.2 Å². The lowest BCUT2D eigenvalue weighted by atomic mass is 10.0. The second-order valence-corrected chi connectivity index (χ2v) is 6.40. The van der Waals surface area contributed by atoms with Gasteiger partial charge in [-0.15, -0.1) is 0 Å². The van der Waals surface area contributed by atoms with Crippen molar-refractivity contribution < 1.29 is 9.59 Å². The maximum absolute atomic E-state index is 12.7. The third-order valence-electron chi connectivity index (χ3n) is 4.16. The molecule has 0 unspecified atom stereocenters. The Labute approximate surface area is 133 Å². The van der Waals surface area contributed by atoms with Gasteiger partial charge in [0.2, 0.25) is 11.8 Å². The van der Waals surface area contributed by atoms with Crippen LogP contribution < -0.4 is 4.90 Å². The number of anilines is 1. The Balaban J connectivity index is 2.06. The molecule has 0 aromatic heterocycles. The predicted octanol–water partition coefficient (Wildman–Crippen LogP) is 2.86. The van der Waals surface area contributed by atoms with Gasteiger partial charge in [0.05, 0.1) is 0 Å². The Morgan fingerprint density at radius 1 is 1.27 bits per heavy atom. The first-order valence-electron chi connectivity index (χ1n) is 8.13. The molecule has 0 spiro atoms. The molecule has 4 nitrogen and oxygen atoms in total. The maximum Gasteiger partial charge on any atom is 0.246 e. The summed E-state index contributed by atoms with van der Waals surface area (Å²) < 4.78 is 0. The Bertz CT molecular complexity index is 540. The number of fused-ring (bicyclic) bond motifs is 1. The molecule has 0 aliphatic carbocycles. The van der Waals surface area contributed by atoms with E-state index in [1.165, 1.54) is 12.5 Å². The summed E-state index contributed by atoms with van der Waals surface area (Å²) >= 11 is 0. The molecule has 0 fully saturated rings. The van der Waals surface area contributed by atoms with Crippen molar-refractivity contribution in [3.8, 4) is 0 Å². The number of hydrogen-bond donors (Lipinski definition) is 0. The largest absolute Gasteiger partial charge is 0.334 e. The van der Waals surface area contributed by atoms with Crippen LogP contribution in [-0.4, -0.2) is 36.3 Å². The molecule has 22 heavy (non-hydrogen) atoms. The molecule has 0 radical (unpaired) electrons. The van der Waals surface area contributed by atoms with E-state index in [4.69, 9.17) is 0 Å². The Kier molecular flexibility index (Phi) is 5.58. The molecular formula is C18H26N2O2. The molecule has 120 valence electrons. The molecule has 0 saturated carbocycles. The molecule has 1 aromatic carbocycles. The molecule has 1 aliphatic heterocycles. The molecule has 0 atom stereocenters. The monoisotopic (exact) mass is 302 g/mol. The number of amides is 2. The van der Waals surface area contributed by atoms with Crippen molar-refractivity contribution in [3.05, 3.63) is 29.8 Å². The third kappa shape index (κ3) is 4.09. The normalized spacial score (nSPS) is 13.9. The number of nitrogens with zero attached hydrogens (tertiary/aromatic N) is 2. The topological polar surface area (TPSA) is 40.6 Å². The first-order chi connectivity index (χ1) is 10.5. The van der Waals surface area contributed by atoms with Crippen LogP contribution in [0.3, 0.4) is 0 Å². The molecule has 4 heteroatoms. The summed E-state index contributed by atoms with van der Waals surface area (Å²) in [6, 6.07) is 8.05. The maximum atomic E-state index is 12.7. The van der Waals surface area contributed by atoms with E-state index in [1.807, 2.05) is 23.1 Å². The molecular weight excluding hydrogens is 276 g/mol. The van der Waals surface area contributed by atoms with Gasteiger partial charge in [-0.05, 0) is 36.8 Å². The molecule has 0 bridgehead atoms. The first kappa shape index (κ1) is 16.5. The second kappa shape index (κ2) is 7.43. The van der Waals surface area contributed by atoms with Crippen molar-refractivity contribution in [2.24, 2.45) is 5.92 Å². The van der Waals surface area contributed by atoms with E-state index in [1.54, 1.807) is 4.90 Å². The van der Waals surface area contributed by atoms with Gasteiger partial charge < -0.3 is 9.80 Å². The average molecular weight is 302 g/mol. The number of para-hydroxylation sites is 1. The summed E-state index contributed by atoms with van der Waals surface area (Å²) in [4.78, 5) is 27.9. The number of rotatable bonds is 5. The summed E-state index contributed by atoms with van der Waals surface area (Å²) in [5.74, 6) is 0.512. The zero-order valence-electron chi connectivity index (χ0n) is 13.8. The summed E-state index contributed by atoms with van der Waals surface area (Å²) in [5, 5.41) is 0. The minimum atomic E-state index is -0.0284. The van der Waals surface area contributed by atoms with Crippen LogP contribution in [0, 0.1) is 5.92 Å². The lowest BCUT2D eigenvalue weighted by molar-refractivity contribution is -0.133. The number of carbonyl (C=O) groups excluding carboxylic acids is 2. The van der Waals surface area contributed by atoms with Gasteiger partial charge >= 0.3 is 0 Å². The van der Waals surface area contributed by atoms with Crippen LogP contribution in [0.2, 0.25) is 0 Å². The molecule has 0 N–H and O–H groups in total. The lowest BCUT2D eigenvalue weighted by Crippen LogP contribution is -2.44. The molecule has 2 rings (SSSR count). The smallest absolute Gasteiger partial charge is 0.246 e. The summed E-state index contributed by atoms with van der Waals surface area (Å²) in [6.45, 7) is 7.36. The van der Waals surface area contributed by atoms with Crippen molar-refractivity contribution in [3.63, 3.8) is 0 Å². The van der Waals surface area contributed by atoms with Crippen molar-refractivity contribution >= 4 is 17.5 Å². The SMILES string of the molecule is CC(=O)N(CCC(C)C)CC(=O)N1CCCc2ccccc21. The van der Waals surface area contributed by atoms with Gasteiger partial charge in [-0.1, -0.05) is 32.0 Å². The highest BCUT2D eigenvalue weighted by molar-refractivity contribution is 5.97. The Morgan fingerprint density at radius 2 is 2.00 bits per heavy atom. The zero-order valence-corrected chi connectivity index (χ0v) is 13.8. The van der Waals surface area contributed by atoms with Gasteiger partial charge in [-0.3, -0.25) is 9.59 Å². The van der Waals surface area contributed by atoms with Crippen LogP contribution >= 0.6 is 0 Å². The van der Waals surface area contributed by atoms with E-state index < -0.39 is 0 Å². The van der Waals surface area contributed by atoms with E-state index in [0.29, 0.717) is 12.5 Å². The highest BCUT2D eigenvalue weighted by atomic mass is 16.2. The van der Waals surface area contributed by atoms with Crippen LogP contribution in [0.25, 0.3) is 0 Å². The highest BCUT2D eigenvalue weighted by Crippen LogP contribution is 2.26. The van der Waals surface area contributed by atoms with Gasteiger partial charge in [0.15, 0.2) is 0 Å². The minimum Gasteiger partial charge on any atom is -0.334 e. The summed E-state index contributed by atoms with van der Waals surface area (Å²) in [6.07, 6.45) is 2.92. The van der Waals surface area contributed by atoms with Crippen LogP contribution in [0.15, 0.2) is 24.3 Å². The van der Waals surface area contributed by atoms with E-state index in [2.05, 4.69) is 19.9 Å². The summed E-state index contributed by atoms with van der Waals surface area (Å²) in [5.41, 5.74) is 2.23. The van der Waals surface area contributed by atoms with Crippen LogP contribution in [-0.2, 0) is 16.0 Å². The van der Waals surface area contributed by atoms with Gasteiger partial charge in [-0.25, -0.2) is 0 Å². The zero-order chi connectivity index (χ0) is 16.1. The number of hydrogen-bond acceptors (Lipinski definition) is 2. The standard InChI is InChI=1S/C18H26N2O2/c1-14(2)10-12-19(15(3)21)13-18(22)20-11-6-8-16-7-4-5-9-17(16)20/h4-5,7,9,14H,6,8,10-13H2,1-3H3. The van der Waals surface area contributed by atoms with E-state index in [0.717, 1.165) is 31.5 Å². The minimum absolute atomic E-state index is 0.0195. The highest BCUT2D eigenvalue weighted by Gasteiger charge is 2.24. The van der Waals surface area contributed by atoms with Crippen LogP contribution in [0.4, 0.5) is 5.69 Å². The molecule has 1 heterocycles. The fourth-order valence-electron chi connectivity index (χ4n) is 2.80.